The summed E-state index contributed by atoms with van der Waals surface area (Å²) in [5.74, 6) is 0.997. The number of nitrogens with one attached hydrogen (secondary N) is 2. The number of carbonyl (C=O) groups excluding carboxylic acids is 1. The van der Waals surface area contributed by atoms with E-state index in [4.69, 9.17) is 0 Å². The van der Waals surface area contributed by atoms with Crippen LogP contribution in [-0.2, 0) is 4.79 Å². The molecule has 3 heterocycles. The minimum Gasteiger partial charge on any atom is -0.353 e. The summed E-state index contributed by atoms with van der Waals surface area (Å²) in [6, 6.07) is 4.21. The van der Waals surface area contributed by atoms with Crippen molar-refractivity contribution in [3.05, 3.63) is 39.1 Å². The summed E-state index contributed by atoms with van der Waals surface area (Å²) in [4.78, 5) is 34.2. The first-order chi connectivity index (χ1) is 13.0. The van der Waals surface area contributed by atoms with Crippen LogP contribution in [0.5, 0.6) is 0 Å². The highest BCUT2D eigenvalue weighted by Crippen LogP contribution is 2.34. The lowest BCUT2D eigenvalue weighted by atomic mass is 10.2. The van der Waals surface area contributed by atoms with Crippen molar-refractivity contribution in [3.8, 4) is 10.4 Å². The first-order valence-electron chi connectivity index (χ1n) is 8.99. The molecular formula is C19H23N3O2S3. The first-order valence-corrected chi connectivity index (χ1v) is 11.8. The van der Waals surface area contributed by atoms with E-state index < -0.39 is 0 Å². The average molecular weight is 422 g/mol. The third kappa shape index (κ3) is 4.62. The Morgan fingerprint density at radius 2 is 2.11 bits per heavy atom. The van der Waals surface area contributed by atoms with Gasteiger partial charge in [-0.15, -0.1) is 34.4 Å². The van der Waals surface area contributed by atoms with Gasteiger partial charge in [0.25, 0.3) is 5.56 Å². The highest BCUT2D eigenvalue weighted by Gasteiger charge is 2.18. The average Bonchev–Trinajstić information content (AvgIpc) is 3.33. The Morgan fingerprint density at radius 1 is 1.33 bits per heavy atom. The molecule has 2 N–H and O–H groups in total. The molecule has 0 aliphatic carbocycles. The summed E-state index contributed by atoms with van der Waals surface area (Å²) >= 11 is 4.58. The van der Waals surface area contributed by atoms with Gasteiger partial charge in [0, 0.05) is 21.9 Å². The lowest BCUT2D eigenvalue weighted by molar-refractivity contribution is -0.119. The minimum absolute atomic E-state index is 0.0279. The van der Waals surface area contributed by atoms with Crippen molar-refractivity contribution in [1.82, 2.24) is 15.3 Å². The number of carbonyl (C=O) groups is 1. The Hall–Kier alpha value is -1.64. The van der Waals surface area contributed by atoms with E-state index in [9.17, 15) is 9.59 Å². The zero-order chi connectivity index (χ0) is 19.4. The van der Waals surface area contributed by atoms with Gasteiger partial charge in [-0.2, -0.15) is 0 Å². The van der Waals surface area contributed by atoms with E-state index in [1.54, 1.807) is 11.3 Å². The third-order valence-electron chi connectivity index (χ3n) is 4.45. The Bertz CT molecular complexity index is 958. The Balaban J connectivity index is 1.73. The standard InChI is InChI=1S/C19H23N3O2S3/c1-4-12(5-2)20-15(23)10-26-11(3)17-21-18(24)16-13(9-27-19(16)22-17)14-7-6-8-25-14/h6-9,11-12H,4-5,10H2,1-3H3,(H,20,23)(H,21,22,24)/t11-/m0/s1. The quantitative estimate of drug-likeness (QED) is 0.547. The maximum atomic E-state index is 12.7. The molecular weight excluding hydrogens is 398 g/mol. The topological polar surface area (TPSA) is 74.8 Å². The van der Waals surface area contributed by atoms with Gasteiger partial charge in [-0.3, -0.25) is 9.59 Å². The molecule has 3 rings (SSSR count). The number of rotatable bonds is 8. The molecule has 0 radical (unpaired) electrons. The summed E-state index contributed by atoms with van der Waals surface area (Å²) in [5, 5.41) is 7.60. The molecule has 27 heavy (non-hydrogen) atoms. The second-order valence-corrected chi connectivity index (χ2v) is 9.43. The van der Waals surface area contributed by atoms with E-state index in [0.717, 1.165) is 28.1 Å². The maximum absolute atomic E-state index is 12.7. The lowest BCUT2D eigenvalue weighted by Gasteiger charge is -2.15. The third-order valence-corrected chi connectivity index (χ3v) is 7.38. The zero-order valence-corrected chi connectivity index (χ0v) is 18.0. The van der Waals surface area contributed by atoms with Crippen LogP contribution in [0, 0.1) is 0 Å². The molecule has 3 aromatic heterocycles. The van der Waals surface area contributed by atoms with Crippen molar-refractivity contribution in [2.45, 2.75) is 44.9 Å². The highest BCUT2D eigenvalue weighted by atomic mass is 32.2. The monoisotopic (exact) mass is 421 g/mol. The Kier molecular flexibility index (Phi) is 6.73. The fourth-order valence-corrected chi connectivity index (χ4v) is 5.34. The predicted octanol–water partition coefficient (Wildman–Crippen LogP) is 4.81. The molecule has 0 aliphatic rings. The molecule has 0 spiro atoms. The Morgan fingerprint density at radius 3 is 2.78 bits per heavy atom. The number of H-pyrrole nitrogens is 1. The lowest BCUT2D eigenvalue weighted by Crippen LogP contribution is -2.35. The first kappa shape index (κ1) is 20.1. The molecule has 0 unspecified atom stereocenters. The predicted molar refractivity (Wildman–Crippen MR) is 117 cm³/mol. The summed E-state index contributed by atoms with van der Waals surface area (Å²) in [6.07, 6.45) is 1.86. The number of aromatic amines is 1. The molecule has 8 heteroatoms. The van der Waals surface area contributed by atoms with Crippen LogP contribution >= 0.6 is 34.4 Å². The molecule has 5 nitrogen and oxygen atoms in total. The normalized spacial score (nSPS) is 12.6. The van der Waals surface area contributed by atoms with Crippen LogP contribution in [0.15, 0.2) is 27.7 Å². The van der Waals surface area contributed by atoms with Gasteiger partial charge in [0.15, 0.2) is 0 Å². The second-order valence-electron chi connectivity index (χ2n) is 6.29. The fraction of sp³-hybridized carbons (Fsp3) is 0.421. The van der Waals surface area contributed by atoms with E-state index in [0.29, 0.717) is 17.0 Å². The van der Waals surface area contributed by atoms with E-state index >= 15 is 0 Å². The smallest absolute Gasteiger partial charge is 0.260 e. The molecule has 1 atom stereocenters. The van der Waals surface area contributed by atoms with Crippen LogP contribution in [0.25, 0.3) is 20.7 Å². The molecule has 0 aromatic carbocycles. The molecule has 0 fully saturated rings. The van der Waals surface area contributed by atoms with E-state index in [-0.39, 0.29) is 22.8 Å². The molecule has 0 bridgehead atoms. The van der Waals surface area contributed by atoms with Crippen molar-refractivity contribution in [1.29, 1.82) is 0 Å². The molecule has 0 saturated heterocycles. The number of hydrogen-bond donors (Lipinski definition) is 2. The molecule has 1 amide bonds. The number of hydrogen-bond acceptors (Lipinski definition) is 6. The number of aromatic nitrogens is 2. The van der Waals surface area contributed by atoms with Crippen LogP contribution in [0.4, 0.5) is 0 Å². The van der Waals surface area contributed by atoms with Gasteiger partial charge >= 0.3 is 0 Å². The van der Waals surface area contributed by atoms with E-state index in [1.807, 2.05) is 29.8 Å². The summed E-state index contributed by atoms with van der Waals surface area (Å²) in [5.41, 5.74) is 0.823. The van der Waals surface area contributed by atoms with E-state index in [2.05, 4.69) is 29.1 Å². The van der Waals surface area contributed by atoms with Gasteiger partial charge in [-0.05, 0) is 31.2 Å². The van der Waals surface area contributed by atoms with Crippen LogP contribution in [-0.4, -0.2) is 27.7 Å². The van der Waals surface area contributed by atoms with Crippen LogP contribution in [0.2, 0.25) is 0 Å². The van der Waals surface area contributed by atoms with Crippen LogP contribution in [0.1, 0.15) is 44.7 Å². The molecule has 144 valence electrons. The summed E-state index contributed by atoms with van der Waals surface area (Å²) < 4.78 is 0. The zero-order valence-electron chi connectivity index (χ0n) is 15.6. The van der Waals surface area contributed by atoms with Gasteiger partial charge in [0.1, 0.15) is 10.7 Å². The molecule has 0 aliphatic heterocycles. The van der Waals surface area contributed by atoms with Crippen molar-refractivity contribution in [2.24, 2.45) is 0 Å². The van der Waals surface area contributed by atoms with Gasteiger partial charge in [-0.25, -0.2) is 4.98 Å². The summed E-state index contributed by atoms with van der Waals surface area (Å²) in [7, 11) is 0. The van der Waals surface area contributed by atoms with Crippen molar-refractivity contribution in [3.63, 3.8) is 0 Å². The summed E-state index contributed by atoms with van der Waals surface area (Å²) in [6.45, 7) is 6.10. The number of thiophene rings is 2. The number of amides is 1. The SMILES string of the molecule is CCC(CC)NC(=O)CS[C@@H](C)c1nc2scc(-c3cccs3)c2c(=O)[nH]1. The highest BCUT2D eigenvalue weighted by molar-refractivity contribution is 8.00. The number of thioether (sulfide) groups is 1. The van der Waals surface area contributed by atoms with Crippen molar-refractivity contribution < 1.29 is 4.79 Å². The maximum Gasteiger partial charge on any atom is 0.260 e. The fourth-order valence-electron chi connectivity index (χ4n) is 2.81. The van der Waals surface area contributed by atoms with Crippen LogP contribution < -0.4 is 10.9 Å². The molecule has 0 saturated carbocycles. The largest absolute Gasteiger partial charge is 0.353 e. The van der Waals surface area contributed by atoms with Crippen molar-refractivity contribution >= 4 is 50.6 Å². The van der Waals surface area contributed by atoms with Gasteiger partial charge in [0.05, 0.1) is 16.4 Å². The number of nitrogens with zero attached hydrogens (tertiary/aromatic N) is 1. The van der Waals surface area contributed by atoms with Crippen LogP contribution in [0.3, 0.4) is 0 Å². The van der Waals surface area contributed by atoms with Crippen molar-refractivity contribution in [2.75, 3.05) is 5.75 Å². The second kappa shape index (κ2) is 9.03. The van der Waals surface area contributed by atoms with Gasteiger partial charge in [0.2, 0.25) is 5.91 Å². The van der Waals surface area contributed by atoms with Gasteiger partial charge in [-0.1, -0.05) is 19.9 Å². The number of fused-ring (bicyclic) bond motifs is 1. The van der Waals surface area contributed by atoms with E-state index in [1.165, 1.54) is 23.1 Å². The molecule has 3 aromatic rings. The Labute approximate surface area is 170 Å². The minimum atomic E-state index is -0.117. The van der Waals surface area contributed by atoms with Gasteiger partial charge < -0.3 is 10.3 Å².